The Labute approximate surface area is 175 Å². The molecule has 0 unspecified atom stereocenters. The van der Waals surface area contributed by atoms with Crippen LogP contribution in [0.3, 0.4) is 0 Å². The minimum Gasteiger partial charge on any atom is -0.378 e. The summed E-state index contributed by atoms with van der Waals surface area (Å²) in [6.45, 7) is 8.29. The van der Waals surface area contributed by atoms with E-state index in [0.29, 0.717) is 12.6 Å². The van der Waals surface area contributed by atoms with Gasteiger partial charge in [-0.3, -0.25) is 4.79 Å². The summed E-state index contributed by atoms with van der Waals surface area (Å²) in [5, 5.41) is 0. The highest BCUT2D eigenvalue weighted by Gasteiger charge is 2.43. The van der Waals surface area contributed by atoms with Gasteiger partial charge in [-0.25, -0.2) is 0 Å². The Kier molecular flexibility index (Phi) is 5.39. The van der Waals surface area contributed by atoms with Gasteiger partial charge in [0, 0.05) is 49.9 Å². The molecule has 1 spiro atoms. The maximum Gasteiger partial charge on any atom is 0.254 e. The summed E-state index contributed by atoms with van der Waals surface area (Å²) in [5.41, 5.74) is 4.76. The molecule has 4 heteroatoms. The first-order chi connectivity index (χ1) is 13.9. The Balaban J connectivity index is 1.61. The first kappa shape index (κ1) is 20.0. The maximum atomic E-state index is 13.4. The topological polar surface area (TPSA) is 26.8 Å². The van der Waals surface area contributed by atoms with Crippen molar-refractivity contribution in [2.24, 2.45) is 0 Å². The fourth-order valence-electron chi connectivity index (χ4n) is 5.01. The van der Waals surface area contributed by atoms with Gasteiger partial charge in [0.25, 0.3) is 5.91 Å². The predicted molar refractivity (Wildman–Crippen MR) is 120 cm³/mol. The number of amides is 1. The van der Waals surface area contributed by atoms with Crippen molar-refractivity contribution in [2.45, 2.75) is 44.7 Å². The van der Waals surface area contributed by atoms with Gasteiger partial charge >= 0.3 is 0 Å². The number of nitrogens with zero attached hydrogens (tertiary/aromatic N) is 3. The van der Waals surface area contributed by atoms with Gasteiger partial charge in [-0.05, 0) is 75.2 Å². The fraction of sp³-hybridized carbons (Fsp3) is 0.480. The van der Waals surface area contributed by atoms with Crippen molar-refractivity contribution in [3.8, 4) is 0 Å². The first-order valence-electron chi connectivity index (χ1n) is 10.8. The number of rotatable bonds is 3. The molecule has 1 fully saturated rings. The van der Waals surface area contributed by atoms with Crippen LogP contribution >= 0.6 is 0 Å². The number of hydrogen-bond donors (Lipinski definition) is 0. The Morgan fingerprint density at radius 3 is 2.28 bits per heavy atom. The second-order valence-corrected chi connectivity index (χ2v) is 9.17. The normalized spacial score (nSPS) is 18.7. The van der Waals surface area contributed by atoms with E-state index in [2.05, 4.69) is 52.8 Å². The van der Waals surface area contributed by atoms with Crippen molar-refractivity contribution in [1.29, 1.82) is 0 Å². The van der Waals surface area contributed by atoms with Gasteiger partial charge < -0.3 is 14.7 Å². The van der Waals surface area contributed by atoms with Gasteiger partial charge in [-0.1, -0.05) is 24.3 Å². The molecule has 0 radical (unpaired) electrons. The molecular formula is C25H33N3O. The molecule has 2 aliphatic rings. The highest BCUT2D eigenvalue weighted by atomic mass is 16.2. The van der Waals surface area contributed by atoms with Crippen molar-refractivity contribution in [3.63, 3.8) is 0 Å². The van der Waals surface area contributed by atoms with Crippen LogP contribution in [0.4, 0.5) is 5.69 Å². The number of benzene rings is 2. The van der Waals surface area contributed by atoms with Gasteiger partial charge in [0.15, 0.2) is 0 Å². The molecule has 1 amide bonds. The Morgan fingerprint density at radius 1 is 1.00 bits per heavy atom. The van der Waals surface area contributed by atoms with Crippen LogP contribution in [0.5, 0.6) is 0 Å². The SMILES string of the molecule is CC(C)N1CCC2(CC1)CN(C(=O)c1ccc(N(C)C)cc1)Cc1ccccc12. The van der Waals surface area contributed by atoms with Gasteiger partial charge in [0.2, 0.25) is 0 Å². The summed E-state index contributed by atoms with van der Waals surface area (Å²) >= 11 is 0. The highest BCUT2D eigenvalue weighted by Crippen LogP contribution is 2.42. The van der Waals surface area contributed by atoms with Crippen LogP contribution in [0.1, 0.15) is 48.2 Å². The number of piperidine rings is 1. The summed E-state index contributed by atoms with van der Waals surface area (Å²) in [4.78, 5) is 20.1. The van der Waals surface area contributed by atoms with E-state index in [4.69, 9.17) is 0 Å². The smallest absolute Gasteiger partial charge is 0.254 e. The third-order valence-corrected chi connectivity index (χ3v) is 6.85. The van der Waals surface area contributed by atoms with E-state index in [1.54, 1.807) is 0 Å². The lowest BCUT2D eigenvalue weighted by Gasteiger charge is -2.49. The van der Waals surface area contributed by atoms with Crippen molar-refractivity contribution >= 4 is 11.6 Å². The molecular weight excluding hydrogens is 358 g/mol. The van der Waals surface area contributed by atoms with Crippen LogP contribution in [-0.4, -0.2) is 55.5 Å². The average Bonchev–Trinajstić information content (AvgIpc) is 2.73. The molecule has 0 aromatic heterocycles. The predicted octanol–water partition coefficient (Wildman–Crippen LogP) is 4.15. The Morgan fingerprint density at radius 2 is 1.66 bits per heavy atom. The molecule has 154 valence electrons. The van der Waals surface area contributed by atoms with E-state index < -0.39 is 0 Å². The molecule has 0 N–H and O–H groups in total. The van der Waals surface area contributed by atoms with E-state index in [0.717, 1.165) is 43.7 Å². The molecule has 4 nitrogen and oxygen atoms in total. The lowest BCUT2D eigenvalue weighted by molar-refractivity contribution is 0.0548. The summed E-state index contributed by atoms with van der Waals surface area (Å²) < 4.78 is 0. The molecule has 1 saturated heterocycles. The Hall–Kier alpha value is -2.33. The lowest BCUT2D eigenvalue weighted by Crippen LogP contribution is -2.54. The van der Waals surface area contributed by atoms with E-state index >= 15 is 0 Å². The highest BCUT2D eigenvalue weighted by molar-refractivity contribution is 5.94. The molecule has 2 aromatic carbocycles. The van der Waals surface area contributed by atoms with E-state index in [9.17, 15) is 4.79 Å². The van der Waals surface area contributed by atoms with Gasteiger partial charge in [-0.2, -0.15) is 0 Å². The summed E-state index contributed by atoms with van der Waals surface area (Å²) in [6.07, 6.45) is 2.23. The molecule has 2 heterocycles. The molecule has 2 aromatic rings. The van der Waals surface area contributed by atoms with Crippen molar-refractivity contribution in [1.82, 2.24) is 9.80 Å². The lowest BCUT2D eigenvalue weighted by atomic mass is 9.68. The number of likely N-dealkylation sites (tertiary alicyclic amines) is 1. The molecule has 0 aliphatic carbocycles. The van der Waals surface area contributed by atoms with Crippen LogP contribution in [0, 0.1) is 0 Å². The third kappa shape index (κ3) is 3.78. The zero-order valence-electron chi connectivity index (χ0n) is 18.2. The van der Waals surface area contributed by atoms with Crippen LogP contribution in [-0.2, 0) is 12.0 Å². The summed E-state index contributed by atoms with van der Waals surface area (Å²) in [5.74, 6) is 0.149. The molecule has 0 saturated carbocycles. The van der Waals surface area contributed by atoms with Crippen molar-refractivity contribution in [2.75, 3.05) is 38.6 Å². The molecule has 4 rings (SSSR count). The summed E-state index contributed by atoms with van der Waals surface area (Å²) in [6, 6.07) is 17.3. The molecule has 0 atom stereocenters. The Bertz CT molecular complexity index is 864. The van der Waals surface area contributed by atoms with E-state index in [-0.39, 0.29) is 11.3 Å². The second-order valence-electron chi connectivity index (χ2n) is 9.17. The molecule has 29 heavy (non-hydrogen) atoms. The monoisotopic (exact) mass is 391 g/mol. The second kappa shape index (κ2) is 7.83. The van der Waals surface area contributed by atoms with E-state index in [1.807, 2.05) is 38.4 Å². The van der Waals surface area contributed by atoms with Crippen LogP contribution in [0.25, 0.3) is 0 Å². The zero-order valence-corrected chi connectivity index (χ0v) is 18.2. The molecule has 2 aliphatic heterocycles. The number of carbonyl (C=O) groups is 1. The minimum atomic E-state index is 0.0828. The van der Waals surface area contributed by atoms with Gasteiger partial charge in [0.05, 0.1) is 0 Å². The quantitative estimate of drug-likeness (QED) is 0.786. The summed E-state index contributed by atoms with van der Waals surface area (Å²) in [7, 11) is 4.04. The van der Waals surface area contributed by atoms with Crippen molar-refractivity contribution < 1.29 is 4.79 Å². The van der Waals surface area contributed by atoms with Crippen LogP contribution < -0.4 is 4.90 Å². The zero-order chi connectivity index (χ0) is 20.6. The number of carbonyl (C=O) groups excluding carboxylic acids is 1. The van der Waals surface area contributed by atoms with Crippen LogP contribution in [0.2, 0.25) is 0 Å². The minimum absolute atomic E-state index is 0.0828. The first-order valence-corrected chi connectivity index (χ1v) is 10.8. The van der Waals surface area contributed by atoms with Crippen LogP contribution in [0.15, 0.2) is 48.5 Å². The third-order valence-electron chi connectivity index (χ3n) is 6.85. The number of hydrogen-bond acceptors (Lipinski definition) is 3. The van der Waals surface area contributed by atoms with E-state index in [1.165, 1.54) is 11.1 Å². The average molecular weight is 392 g/mol. The van der Waals surface area contributed by atoms with Crippen molar-refractivity contribution in [3.05, 3.63) is 65.2 Å². The number of fused-ring (bicyclic) bond motifs is 2. The van der Waals surface area contributed by atoms with Gasteiger partial charge in [0.1, 0.15) is 0 Å². The largest absolute Gasteiger partial charge is 0.378 e. The standard InChI is InChI=1S/C25H33N3O/c1-19(2)27-15-13-25(14-16-27)18-28(17-21-7-5-6-8-23(21)25)24(29)20-9-11-22(12-10-20)26(3)4/h5-12,19H,13-18H2,1-4H3. The maximum absolute atomic E-state index is 13.4. The number of anilines is 1. The van der Waals surface area contributed by atoms with Gasteiger partial charge in [-0.15, -0.1) is 0 Å². The molecule has 0 bridgehead atoms. The fourth-order valence-corrected chi connectivity index (χ4v) is 5.01.